The molecule has 0 saturated carbocycles. The quantitative estimate of drug-likeness (QED) is 0.547. The van der Waals surface area contributed by atoms with Gasteiger partial charge in [0.15, 0.2) is 0 Å². The number of rotatable bonds is 5. The summed E-state index contributed by atoms with van der Waals surface area (Å²) in [6, 6.07) is 7.16. The highest BCUT2D eigenvalue weighted by Gasteiger charge is 2.12. The maximum Gasteiger partial charge on any atom is 0.261 e. The van der Waals surface area contributed by atoms with Gasteiger partial charge in [0.25, 0.3) is 5.56 Å². The molecule has 9 nitrogen and oxygen atoms in total. The van der Waals surface area contributed by atoms with Crippen molar-refractivity contribution in [3.63, 3.8) is 0 Å². The first kappa shape index (κ1) is 19.3. The molecule has 0 fully saturated rings. The van der Waals surface area contributed by atoms with Gasteiger partial charge in [-0.3, -0.25) is 19.4 Å². The smallest absolute Gasteiger partial charge is 0.261 e. The Morgan fingerprint density at radius 2 is 1.93 bits per heavy atom. The first-order valence-electron chi connectivity index (χ1n) is 9.28. The fourth-order valence-electron chi connectivity index (χ4n) is 2.91. The van der Waals surface area contributed by atoms with Crippen LogP contribution >= 0.6 is 0 Å². The highest BCUT2D eigenvalue weighted by Crippen LogP contribution is 2.28. The van der Waals surface area contributed by atoms with Crippen molar-refractivity contribution in [1.29, 1.82) is 0 Å². The third kappa shape index (κ3) is 3.90. The topological polar surface area (TPSA) is 102 Å². The second-order valence-corrected chi connectivity index (χ2v) is 7.01. The summed E-state index contributed by atoms with van der Waals surface area (Å²) in [5.41, 5.74) is 3.01. The first-order chi connectivity index (χ1) is 14.4. The minimum absolute atomic E-state index is 0.246. The average molecular weight is 403 g/mol. The van der Waals surface area contributed by atoms with Crippen molar-refractivity contribution in [2.45, 2.75) is 6.92 Å². The van der Waals surface area contributed by atoms with Gasteiger partial charge in [0.2, 0.25) is 5.95 Å². The molecule has 4 rings (SSSR count). The molecular formula is C21H21N7O2. The number of pyridine rings is 2. The van der Waals surface area contributed by atoms with Crippen molar-refractivity contribution < 1.29 is 4.74 Å². The van der Waals surface area contributed by atoms with E-state index in [0.717, 1.165) is 11.3 Å². The molecule has 152 valence electrons. The molecular weight excluding hydrogens is 382 g/mol. The van der Waals surface area contributed by atoms with Gasteiger partial charge in [0, 0.05) is 51.4 Å². The number of aryl methyl sites for hydroxylation is 2. The molecule has 4 heterocycles. The van der Waals surface area contributed by atoms with E-state index < -0.39 is 0 Å². The summed E-state index contributed by atoms with van der Waals surface area (Å²) in [6.07, 6.45) is 6.85. The minimum atomic E-state index is -0.246. The van der Waals surface area contributed by atoms with Crippen LogP contribution in [0.1, 0.15) is 5.69 Å². The van der Waals surface area contributed by atoms with Crippen molar-refractivity contribution in [2.75, 3.05) is 19.0 Å². The van der Waals surface area contributed by atoms with E-state index in [0.29, 0.717) is 34.4 Å². The lowest BCUT2D eigenvalue weighted by atomic mass is 10.2. The summed E-state index contributed by atoms with van der Waals surface area (Å²) in [7, 11) is 5.48. The van der Waals surface area contributed by atoms with Crippen LogP contribution in [-0.2, 0) is 7.05 Å². The first-order valence-corrected chi connectivity index (χ1v) is 9.28. The lowest BCUT2D eigenvalue weighted by Gasteiger charge is -2.12. The molecule has 0 aliphatic carbocycles. The summed E-state index contributed by atoms with van der Waals surface area (Å²) in [5, 5.41) is 4.17. The standard InChI is InChI=1S/C21H21N7O2/c1-13-19(30-15-7-8-22-18(9-15)14-10-24-28(4)12-14)6-5-17(25-13)16-11-23-21(27(2)3)26-20(16)29/h5-12H,1-4H3,(H,23,26,29). The van der Waals surface area contributed by atoms with Gasteiger partial charge in [-0.05, 0) is 25.1 Å². The normalized spacial score (nSPS) is 10.8. The Morgan fingerprint density at radius 3 is 2.60 bits per heavy atom. The largest absolute Gasteiger partial charge is 0.455 e. The molecule has 0 aromatic carbocycles. The molecule has 0 aliphatic rings. The van der Waals surface area contributed by atoms with Gasteiger partial charge in [-0.2, -0.15) is 5.10 Å². The van der Waals surface area contributed by atoms with Crippen molar-refractivity contribution in [1.82, 2.24) is 29.7 Å². The van der Waals surface area contributed by atoms with Crippen LogP contribution in [0.25, 0.3) is 22.5 Å². The predicted octanol–water partition coefficient (Wildman–Crippen LogP) is 2.79. The summed E-state index contributed by atoms with van der Waals surface area (Å²) >= 11 is 0. The lowest BCUT2D eigenvalue weighted by Crippen LogP contribution is -2.19. The van der Waals surface area contributed by atoms with Crippen molar-refractivity contribution in [3.05, 3.63) is 65.1 Å². The number of H-pyrrole nitrogens is 1. The van der Waals surface area contributed by atoms with Crippen LogP contribution < -0.4 is 15.2 Å². The van der Waals surface area contributed by atoms with Crippen LogP contribution in [0.4, 0.5) is 5.95 Å². The molecule has 0 aliphatic heterocycles. The third-order valence-corrected chi connectivity index (χ3v) is 4.48. The summed E-state index contributed by atoms with van der Waals surface area (Å²) < 4.78 is 7.73. The van der Waals surface area contributed by atoms with Crippen molar-refractivity contribution >= 4 is 5.95 Å². The zero-order valence-corrected chi connectivity index (χ0v) is 17.1. The zero-order valence-electron chi connectivity index (χ0n) is 17.1. The molecule has 9 heteroatoms. The third-order valence-electron chi connectivity index (χ3n) is 4.48. The Hall–Kier alpha value is -4.01. The molecule has 1 N–H and O–H groups in total. The van der Waals surface area contributed by atoms with E-state index in [-0.39, 0.29) is 5.56 Å². The Labute approximate surface area is 173 Å². The van der Waals surface area contributed by atoms with E-state index in [4.69, 9.17) is 4.74 Å². The van der Waals surface area contributed by atoms with E-state index >= 15 is 0 Å². The van der Waals surface area contributed by atoms with E-state index in [1.807, 2.05) is 40.3 Å². The van der Waals surface area contributed by atoms with Gasteiger partial charge in [0.1, 0.15) is 11.5 Å². The van der Waals surface area contributed by atoms with Crippen LogP contribution in [0.3, 0.4) is 0 Å². The van der Waals surface area contributed by atoms with E-state index in [1.54, 1.807) is 40.2 Å². The highest BCUT2D eigenvalue weighted by atomic mass is 16.5. The SMILES string of the molecule is Cc1nc(-c2cnc(N(C)C)[nH]c2=O)ccc1Oc1ccnc(-c2cnn(C)c2)c1. The molecule has 0 unspecified atom stereocenters. The molecule has 0 bridgehead atoms. The fourth-order valence-corrected chi connectivity index (χ4v) is 2.91. The fraction of sp³-hybridized carbons (Fsp3) is 0.190. The number of nitrogens with one attached hydrogen (secondary N) is 1. The van der Waals surface area contributed by atoms with Gasteiger partial charge in [-0.1, -0.05) is 0 Å². The molecule has 0 saturated heterocycles. The minimum Gasteiger partial charge on any atom is -0.455 e. The number of anilines is 1. The molecule has 0 spiro atoms. The summed E-state index contributed by atoms with van der Waals surface area (Å²) in [6.45, 7) is 1.83. The Balaban J connectivity index is 1.60. The van der Waals surface area contributed by atoms with E-state index in [2.05, 4.69) is 25.0 Å². The number of aromatic nitrogens is 6. The van der Waals surface area contributed by atoms with E-state index in [9.17, 15) is 4.79 Å². The Bertz CT molecular complexity index is 1260. The van der Waals surface area contributed by atoms with Crippen molar-refractivity contribution in [2.24, 2.45) is 7.05 Å². The Kier molecular flexibility index (Phi) is 5.01. The van der Waals surface area contributed by atoms with Crippen LogP contribution in [0, 0.1) is 6.92 Å². The predicted molar refractivity (Wildman–Crippen MR) is 114 cm³/mol. The number of hydrogen-bond donors (Lipinski definition) is 1. The second kappa shape index (κ2) is 7.78. The van der Waals surface area contributed by atoms with Crippen LogP contribution in [0.5, 0.6) is 11.5 Å². The monoisotopic (exact) mass is 403 g/mol. The Morgan fingerprint density at radius 1 is 1.10 bits per heavy atom. The zero-order chi connectivity index (χ0) is 21.3. The van der Waals surface area contributed by atoms with Gasteiger partial charge >= 0.3 is 0 Å². The molecule has 30 heavy (non-hydrogen) atoms. The van der Waals surface area contributed by atoms with Crippen LogP contribution in [0.15, 0.2) is 53.8 Å². The van der Waals surface area contributed by atoms with Crippen molar-refractivity contribution in [3.8, 4) is 34.0 Å². The van der Waals surface area contributed by atoms with Gasteiger partial charge in [0.05, 0.1) is 28.8 Å². The molecule has 0 amide bonds. The number of ether oxygens (including phenoxy) is 1. The van der Waals surface area contributed by atoms with Gasteiger partial charge in [-0.25, -0.2) is 9.97 Å². The highest BCUT2D eigenvalue weighted by molar-refractivity contribution is 5.60. The molecule has 4 aromatic rings. The average Bonchev–Trinajstić information content (AvgIpc) is 3.16. The summed E-state index contributed by atoms with van der Waals surface area (Å²) in [4.78, 5) is 30.0. The van der Waals surface area contributed by atoms with Crippen LogP contribution in [0.2, 0.25) is 0 Å². The summed E-state index contributed by atoms with van der Waals surface area (Å²) in [5.74, 6) is 1.72. The van der Waals surface area contributed by atoms with E-state index in [1.165, 1.54) is 6.20 Å². The molecule has 0 radical (unpaired) electrons. The van der Waals surface area contributed by atoms with Gasteiger partial charge < -0.3 is 9.64 Å². The number of aromatic amines is 1. The van der Waals surface area contributed by atoms with Gasteiger partial charge in [-0.15, -0.1) is 0 Å². The molecule has 4 aromatic heterocycles. The number of hydrogen-bond acceptors (Lipinski definition) is 7. The van der Waals surface area contributed by atoms with Crippen LogP contribution in [-0.4, -0.2) is 43.8 Å². The maximum absolute atomic E-state index is 12.4. The lowest BCUT2D eigenvalue weighted by molar-refractivity contribution is 0.475. The molecule has 0 atom stereocenters. The second-order valence-electron chi connectivity index (χ2n) is 7.01. The maximum atomic E-state index is 12.4. The number of nitrogens with zero attached hydrogens (tertiary/aromatic N) is 6.